The van der Waals surface area contributed by atoms with Gasteiger partial charge in [0, 0.05) is 21.4 Å². The molecule has 0 saturated carbocycles. The van der Waals surface area contributed by atoms with Crippen LogP contribution in [0.1, 0.15) is 5.56 Å². The maximum Gasteiger partial charge on any atom is 0.115 e. The van der Waals surface area contributed by atoms with Crippen LogP contribution in [0.25, 0.3) is 0 Å². The van der Waals surface area contributed by atoms with Crippen molar-refractivity contribution in [3.8, 4) is 5.75 Å². The van der Waals surface area contributed by atoms with Crippen LogP contribution >= 0.6 is 23.4 Å². The van der Waals surface area contributed by atoms with Gasteiger partial charge in [0.15, 0.2) is 0 Å². The van der Waals surface area contributed by atoms with Crippen molar-refractivity contribution in [3.05, 3.63) is 53.1 Å². The van der Waals surface area contributed by atoms with Gasteiger partial charge in [-0.05, 0) is 35.9 Å². The molecule has 0 unspecified atom stereocenters. The van der Waals surface area contributed by atoms with E-state index < -0.39 is 0 Å². The maximum absolute atomic E-state index is 9.18. The van der Waals surface area contributed by atoms with Crippen LogP contribution in [-0.2, 0) is 5.75 Å². The molecule has 0 spiro atoms. The lowest BCUT2D eigenvalue weighted by atomic mass is 10.2. The van der Waals surface area contributed by atoms with Gasteiger partial charge >= 0.3 is 0 Å². The average Bonchev–Trinajstić information content (AvgIpc) is 2.30. The van der Waals surface area contributed by atoms with Crippen LogP contribution in [0, 0.1) is 0 Å². The van der Waals surface area contributed by atoms with Gasteiger partial charge in [-0.15, -0.1) is 11.8 Å². The lowest BCUT2D eigenvalue weighted by molar-refractivity contribution is 0.475. The van der Waals surface area contributed by atoms with E-state index in [4.69, 9.17) is 17.3 Å². The summed E-state index contributed by atoms with van der Waals surface area (Å²) in [6.45, 7) is 0. The zero-order chi connectivity index (χ0) is 12.3. The Labute approximate surface area is 109 Å². The van der Waals surface area contributed by atoms with Crippen molar-refractivity contribution in [1.29, 1.82) is 0 Å². The number of aromatic hydroxyl groups is 1. The predicted octanol–water partition coefficient (Wildman–Crippen LogP) is 3.92. The molecule has 0 amide bonds. The Balaban J connectivity index is 2.04. The minimum absolute atomic E-state index is 0.282. The Hall–Kier alpha value is -1.32. The molecular weight excluding hydrogens is 254 g/mol. The fourth-order valence-corrected chi connectivity index (χ4v) is 2.49. The fourth-order valence-electron chi connectivity index (χ4n) is 1.40. The Morgan fingerprint density at radius 3 is 2.47 bits per heavy atom. The zero-order valence-corrected chi connectivity index (χ0v) is 10.6. The highest BCUT2D eigenvalue weighted by Crippen LogP contribution is 2.30. The van der Waals surface area contributed by atoms with Crippen molar-refractivity contribution < 1.29 is 5.11 Å². The van der Waals surface area contributed by atoms with E-state index in [1.165, 1.54) is 0 Å². The first kappa shape index (κ1) is 12.1. The number of phenols is 1. The molecule has 0 aliphatic rings. The number of thioether (sulfide) groups is 1. The molecule has 4 heteroatoms. The summed E-state index contributed by atoms with van der Waals surface area (Å²) in [6.07, 6.45) is 0. The van der Waals surface area contributed by atoms with E-state index in [9.17, 15) is 5.11 Å². The number of nitrogens with two attached hydrogens (primary N) is 1. The molecule has 2 nitrogen and oxygen atoms in total. The molecule has 88 valence electrons. The second-order valence-corrected chi connectivity index (χ2v) is 5.09. The SMILES string of the molecule is Nc1cc(Cl)ccc1SCc1ccc(O)cc1. The first-order valence-corrected chi connectivity index (χ1v) is 6.47. The standard InChI is InChI=1S/C13H12ClNOS/c14-10-3-6-13(12(15)7-10)17-8-9-1-4-11(16)5-2-9/h1-7,16H,8,15H2. The molecule has 0 aliphatic carbocycles. The summed E-state index contributed by atoms with van der Waals surface area (Å²) in [5.41, 5.74) is 7.70. The summed E-state index contributed by atoms with van der Waals surface area (Å²) in [7, 11) is 0. The molecule has 0 fully saturated rings. The van der Waals surface area contributed by atoms with Crippen molar-refractivity contribution in [3.63, 3.8) is 0 Å². The lowest BCUT2D eigenvalue weighted by Crippen LogP contribution is -1.88. The van der Waals surface area contributed by atoms with E-state index in [1.54, 1.807) is 30.0 Å². The number of halogens is 1. The lowest BCUT2D eigenvalue weighted by Gasteiger charge is -2.06. The van der Waals surface area contributed by atoms with Crippen LogP contribution in [0.4, 0.5) is 5.69 Å². The normalized spacial score (nSPS) is 10.4. The molecule has 0 saturated heterocycles. The molecule has 2 aromatic carbocycles. The smallest absolute Gasteiger partial charge is 0.115 e. The van der Waals surface area contributed by atoms with Gasteiger partial charge in [-0.25, -0.2) is 0 Å². The number of nitrogen functional groups attached to an aromatic ring is 1. The highest BCUT2D eigenvalue weighted by Gasteiger charge is 2.01. The first-order valence-electron chi connectivity index (χ1n) is 5.11. The molecule has 0 aliphatic heterocycles. The van der Waals surface area contributed by atoms with E-state index in [-0.39, 0.29) is 5.75 Å². The zero-order valence-electron chi connectivity index (χ0n) is 9.06. The molecule has 0 aromatic heterocycles. The fraction of sp³-hybridized carbons (Fsp3) is 0.0769. The number of benzene rings is 2. The van der Waals surface area contributed by atoms with E-state index in [0.29, 0.717) is 10.7 Å². The van der Waals surface area contributed by atoms with Crippen molar-refractivity contribution >= 4 is 29.1 Å². The molecule has 2 aromatic rings. The summed E-state index contributed by atoms with van der Waals surface area (Å²) >= 11 is 7.48. The summed E-state index contributed by atoms with van der Waals surface area (Å²) in [6, 6.07) is 12.7. The van der Waals surface area contributed by atoms with Crippen LogP contribution < -0.4 is 5.73 Å². The maximum atomic E-state index is 9.18. The number of phenolic OH excluding ortho intramolecular Hbond substituents is 1. The molecule has 0 atom stereocenters. The highest BCUT2D eigenvalue weighted by molar-refractivity contribution is 7.98. The van der Waals surface area contributed by atoms with Gasteiger partial charge in [0.2, 0.25) is 0 Å². The van der Waals surface area contributed by atoms with Gasteiger partial charge < -0.3 is 10.8 Å². The third-order valence-electron chi connectivity index (χ3n) is 2.30. The Kier molecular flexibility index (Phi) is 3.82. The summed E-state index contributed by atoms with van der Waals surface area (Å²) in [5, 5.41) is 9.82. The molecule has 0 bridgehead atoms. The minimum Gasteiger partial charge on any atom is -0.508 e. The van der Waals surface area contributed by atoms with Gasteiger partial charge in [-0.2, -0.15) is 0 Å². The Bertz CT molecular complexity index is 513. The Morgan fingerprint density at radius 1 is 1.12 bits per heavy atom. The van der Waals surface area contributed by atoms with Gasteiger partial charge in [-0.3, -0.25) is 0 Å². The average molecular weight is 266 g/mol. The van der Waals surface area contributed by atoms with E-state index in [1.807, 2.05) is 24.3 Å². The van der Waals surface area contributed by atoms with E-state index in [2.05, 4.69) is 0 Å². The monoisotopic (exact) mass is 265 g/mol. The van der Waals surface area contributed by atoms with Crippen LogP contribution in [0.15, 0.2) is 47.4 Å². The molecule has 0 heterocycles. The number of hydrogen-bond acceptors (Lipinski definition) is 3. The highest BCUT2D eigenvalue weighted by atomic mass is 35.5. The Morgan fingerprint density at radius 2 is 1.82 bits per heavy atom. The van der Waals surface area contributed by atoms with E-state index >= 15 is 0 Å². The molecule has 3 N–H and O–H groups in total. The summed E-state index contributed by atoms with van der Waals surface area (Å²) in [5.74, 6) is 1.09. The second kappa shape index (κ2) is 5.34. The van der Waals surface area contributed by atoms with Gasteiger partial charge in [0.25, 0.3) is 0 Å². The van der Waals surface area contributed by atoms with Gasteiger partial charge in [-0.1, -0.05) is 23.7 Å². The largest absolute Gasteiger partial charge is 0.508 e. The summed E-state index contributed by atoms with van der Waals surface area (Å²) < 4.78 is 0. The van der Waals surface area contributed by atoms with Crippen LogP contribution in [0.2, 0.25) is 5.02 Å². The molecule has 0 radical (unpaired) electrons. The number of rotatable bonds is 3. The van der Waals surface area contributed by atoms with Crippen LogP contribution in [0.3, 0.4) is 0 Å². The summed E-state index contributed by atoms with van der Waals surface area (Å²) in [4.78, 5) is 1.02. The van der Waals surface area contributed by atoms with Crippen molar-refractivity contribution in [2.24, 2.45) is 0 Å². The van der Waals surface area contributed by atoms with Crippen LogP contribution in [-0.4, -0.2) is 5.11 Å². The molecular formula is C13H12ClNOS. The van der Waals surface area contributed by atoms with Crippen molar-refractivity contribution in [2.45, 2.75) is 10.6 Å². The second-order valence-electron chi connectivity index (χ2n) is 3.64. The third-order valence-corrected chi connectivity index (χ3v) is 3.70. The van der Waals surface area contributed by atoms with Crippen molar-refractivity contribution in [2.75, 3.05) is 5.73 Å². The minimum atomic E-state index is 0.282. The molecule has 2 rings (SSSR count). The third kappa shape index (κ3) is 3.32. The quantitative estimate of drug-likeness (QED) is 0.653. The topological polar surface area (TPSA) is 46.2 Å². The molecule has 17 heavy (non-hydrogen) atoms. The van der Waals surface area contributed by atoms with Crippen molar-refractivity contribution in [1.82, 2.24) is 0 Å². The first-order chi connectivity index (χ1) is 8.15. The number of anilines is 1. The number of hydrogen-bond donors (Lipinski definition) is 2. The van der Waals surface area contributed by atoms with Gasteiger partial charge in [0.05, 0.1) is 0 Å². The predicted molar refractivity (Wildman–Crippen MR) is 73.5 cm³/mol. The van der Waals surface area contributed by atoms with Crippen LogP contribution in [0.5, 0.6) is 5.75 Å². The van der Waals surface area contributed by atoms with E-state index in [0.717, 1.165) is 16.2 Å². The van der Waals surface area contributed by atoms with Gasteiger partial charge in [0.1, 0.15) is 5.75 Å².